The van der Waals surface area contributed by atoms with Crippen molar-refractivity contribution in [3.63, 3.8) is 0 Å². The second kappa shape index (κ2) is 4.60. The van der Waals surface area contributed by atoms with E-state index in [1.165, 1.54) is 6.07 Å². The first-order valence-corrected chi connectivity index (χ1v) is 6.05. The van der Waals surface area contributed by atoms with Crippen LogP contribution in [0.4, 0.5) is 18.9 Å². The third kappa shape index (κ3) is 2.30. The second-order valence-corrected chi connectivity index (χ2v) is 4.60. The van der Waals surface area contributed by atoms with Gasteiger partial charge in [-0.25, -0.2) is 18.2 Å². The number of rotatable bonds is 4. The number of hydrogen-bond acceptors (Lipinski definition) is 2. The molecular weight excluding hydrogens is 255 g/mol. The van der Waals surface area contributed by atoms with Gasteiger partial charge in [0.25, 0.3) is 0 Å². The lowest BCUT2D eigenvalue weighted by Gasteiger charge is -2.10. The largest absolute Gasteiger partial charge is 0.377 e. The molecule has 0 spiro atoms. The zero-order valence-corrected chi connectivity index (χ0v) is 10.0. The summed E-state index contributed by atoms with van der Waals surface area (Å²) in [6.07, 6.45) is 5.64. The Morgan fingerprint density at radius 3 is 2.74 bits per heavy atom. The Morgan fingerprint density at radius 2 is 2.00 bits per heavy atom. The summed E-state index contributed by atoms with van der Waals surface area (Å²) in [5.74, 6) is -3.84. The van der Waals surface area contributed by atoms with Gasteiger partial charge in [-0.3, -0.25) is 0 Å². The van der Waals surface area contributed by atoms with E-state index in [1.807, 2.05) is 4.57 Å². The van der Waals surface area contributed by atoms with Gasteiger partial charge in [0.1, 0.15) is 0 Å². The minimum absolute atomic E-state index is 0.0533. The lowest BCUT2D eigenvalue weighted by atomic mass is 10.2. The molecule has 19 heavy (non-hydrogen) atoms. The van der Waals surface area contributed by atoms with Gasteiger partial charge in [0.2, 0.25) is 0 Å². The minimum atomic E-state index is -1.46. The number of halogens is 3. The summed E-state index contributed by atoms with van der Waals surface area (Å²) in [7, 11) is 0. The van der Waals surface area contributed by atoms with Crippen molar-refractivity contribution in [3.8, 4) is 0 Å². The van der Waals surface area contributed by atoms with Crippen LogP contribution in [-0.2, 0) is 6.54 Å². The Bertz CT molecular complexity index is 605. The van der Waals surface area contributed by atoms with Gasteiger partial charge in [0, 0.05) is 12.2 Å². The lowest BCUT2D eigenvalue weighted by molar-refractivity contribution is 0.449. The number of anilines is 1. The lowest BCUT2D eigenvalue weighted by Crippen LogP contribution is -2.08. The molecule has 0 aliphatic heterocycles. The van der Waals surface area contributed by atoms with Crippen molar-refractivity contribution in [1.82, 2.24) is 9.55 Å². The highest BCUT2D eigenvalue weighted by atomic mass is 19.2. The molecule has 1 aromatic heterocycles. The average molecular weight is 267 g/mol. The fourth-order valence-electron chi connectivity index (χ4n) is 2.00. The van der Waals surface area contributed by atoms with Crippen molar-refractivity contribution in [2.24, 2.45) is 0 Å². The molecule has 6 heteroatoms. The smallest absolute Gasteiger partial charge is 0.196 e. The van der Waals surface area contributed by atoms with E-state index < -0.39 is 17.5 Å². The zero-order chi connectivity index (χ0) is 13.4. The van der Waals surface area contributed by atoms with Gasteiger partial charge in [-0.1, -0.05) is 0 Å². The minimum Gasteiger partial charge on any atom is -0.377 e. The summed E-state index contributed by atoms with van der Waals surface area (Å²) in [5, 5.41) is 2.76. The molecule has 1 saturated carbocycles. The first kappa shape index (κ1) is 12.1. The highest BCUT2D eigenvalue weighted by Crippen LogP contribution is 2.35. The Kier molecular flexibility index (Phi) is 2.93. The molecule has 1 fully saturated rings. The zero-order valence-electron chi connectivity index (χ0n) is 10.0. The fourth-order valence-corrected chi connectivity index (χ4v) is 2.00. The van der Waals surface area contributed by atoms with Crippen LogP contribution in [0.5, 0.6) is 0 Å². The van der Waals surface area contributed by atoms with E-state index in [9.17, 15) is 13.2 Å². The molecule has 0 bridgehead atoms. The molecular formula is C13H12F3N3. The predicted molar refractivity (Wildman–Crippen MR) is 64.1 cm³/mol. The standard InChI is InChI=1S/C13H12F3N3/c14-10-3-4-11(13(16)12(10)15)18-6-9-5-17-7-19(9)8-1-2-8/h3-5,7-8,18H,1-2,6H2. The molecule has 1 aliphatic carbocycles. The third-order valence-electron chi connectivity index (χ3n) is 3.18. The molecule has 1 aromatic carbocycles. The number of hydrogen-bond donors (Lipinski definition) is 1. The van der Waals surface area contributed by atoms with E-state index in [4.69, 9.17) is 0 Å². The summed E-state index contributed by atoms with van der Waals surface area (Å²) in [5.41, 5.74) is 0.842. The van der Waals surface area contributed by atoms with Gasteiger partial charge in [0.15, 0.2) is 17.5 Å². The van der Waals surface area contributed by atoms with Crippen LogP contribution >= 0.6 is 0 Å². The number of nitrogens with one attached hydrogen (secondary N) is 1. The second-order valence-electron chi connectivity index (χ2n) is 4.60. The highest BCUT2D eigenvalue weighted by Gasteiger charge is 2.25. The third-order valence-corrected chi connectivity index (χ3v) is 3.18. The summed E-state index contributed by atoms with van der Waals surface area (Å²) in [6.45, 7) is 0.318. The van der Waals surface area contributed by atoms with Crippen LogP contribution in [0.2, 0.25) is 0 Å². The fraction of sp³-hybridized carbons (Fsp3) is 0.308. The first-order valence-electron chi connectivity index (χ1n) is 6.05. The van der Waals surface area contributed by atoms with Gasteiger partial charge in [-0.05, 0) is 25.0 Å². The number of imidazole rings is 1. The van der Waals surface area contributed by atoms with Gasteiger partial charge < -0.3 is 9.88 Å². The number of nitrogens with zero attached hydrogens (tertiary/aromatic N) is 2. The normalized spacial score (nSPS) is 14.7. The van der Waals surface area contributed by atoms with Gasteiger partial charge in [-0.2, -0.15) is 0 Å². The van der Waals surface area contributed by atoms with Crippen LogP contribution in [0, 0.1) is 17.5 Å². The van der Waals surface area contributed by atoms with Crippen LogP contribution in [0.3, 0.4) is 0 Å². The summed E-state index contributed by atoms with van der Waals surface area (Å²) in [6, 6.07) is 2.55. The Morgan fingerprint density at radius 1 is 1.21 bits per heavy atom. The maximum Gasteiger partial charge on any atom is 0.196 e. The summed E-state index contributed by atoms with van der Waals surface area (Å²) >= 11 is 0. The van der Waals surface area contributed by atoms with Gasteiger partial charge >= 0.3 is 0 Å². The molecule has 0 saturated heterocycles. The monoisotopic (exact) mass is 267 g/mol. The average Bonchev–Trinajstić information content (AvgIpc) is 3.15. The Hall–Kier alpha value is -1.98. The molecule has 1 aliphatic rings. The Balaban J connectivity index is 1.75. The number of benzene rings is 1. The predicted octanol–water partition coefficient (Wildman–Crippen LogP) is 3.25. The van der Waals surface area contributed by atoms with Crippen LogP contribution in [0.15, 0.2) is 24.7 Å². The highest BCUT2D eigenvalue weighted by molar-refractivity contribution is 5.45. The van der Waals surface area contributed by atoms with Crippen LogP contribution in [-0.4, -0.2) is 9.55 Å². The van der Waals surface area contributed by atoms with Crippen LogP contribution in [0.25, 0.3) is 0 Å². The van der Waals surface area contributed by atoms with Crippen molar-refractivity contribution < 1.29 is 13.2 Å². The molecule has 1 N–H and O–H groups in total. The molecule has 0 atom stereocenters. The topological polar surface area (TPSA) is 29.9 Å². The summed E-state index contributed by atoms with van der Waals surface area (Å²) < 4.78 is 41.3. The molecule has 100 valence electrons. The van der Waals surface area contributed by atoms with Gasteiger partial charge in [0.05, 0.1) is 24.3 Å². The van der Waals surface area contributed by atoms with Crippen LogP contribution < -0.4 is 5.32 Å². The van der Waals surface area contributed by atoms with E-state index in [1.54, 1.807) is 12.5 Å². The van der Waals surface area contributed by atoms with E-state index in [0.717, 1.165) is 24.6 Å². The summed E-state index contributed by atoms with van der Waals surface area (Å²) in [4.78, 5) is 4.04. The van der Waals surface area contributed by atoms with Gasteiger partial charge in [-0.15, -0.1) is 0 Å². The molecule has 3 rings (SSSR count). The van der Waals surface area contributed by atoms with Crippen LogP contribution in [0.1, 0.15) is 24.6 Å². The number of aromatic nitrogens is 2. The van der Waals surface area contributed by atoms with E-state index >= 15 is 0 Å². The van der Waals surface area contributed by atoms with Crippen molar-refractivity contribution >= 4 is 5.69 Å². The SMILES string of the molecule is Fc1ccc(NCc2cncn2C2CC2)c(F)c1F. The molecule has 1 heterocycles. The molecule has 3 nitrogen and oxygen atoms in total. The van der Waals surface area contributed by atoms with E-state index in [2.05, 4.69) is 10.3 Å². The maximum atomic E-state index is 13.5. The maximum absolute atomic E-state index is 13.5. The van der Waals surface area contributed by atoms with E-state index in [-0.39, 0.29) is 5.69 Å². The van der Waals surface area contributed by atoms with Crippen molar-refractivity contribution in [2.45, 2.75) is 25.4 Å². The van der Waals surface area contributed by atoms with Crippen molar-refractivity contribution in [2.75, 3.05) is 5.32 Å². The molecule has 0 amide bonds. The molecule has 0 unspecified atom stereocenters. The Labute approximate surface area is 108 Å². The van der Waals surface area contributed by atoms with E-state index in [0.29, 0.717) is 12.6 Å². The molecule has 2 aromatic rings. The van der Waals surface area contributed by atoms with Crippen molar-refractivity contribution in [3.05, 3.63) is 47.8 Å². The quantitative estimate of drug-likeness (QED) is 0.862. The first-order chi connectivity index (χ1) is 9.16. The van der Waals surface area contributed by atoms with Crippen molar-refractivity contribution in [1.29, 1.82) is 0 Å². The molecule has 0 radical (unpaired) electrons.